The maximum atomic E-state index is 14.6. The largest absolute Gasteiger partial charge is 0.319 e. The Bertz CT molecular complexity index is 1210. The van der Waals surface area contributed by atoms with Gasteiger partial charge in [-0.05, 0) is 78.5 Å². The van der Waals surface area contributed by atoms with Crippen molar-refractivity contribution in [3.8, 4) is 11.3 Å². The van der Waals surface area contributed by atoms with Gasteiger partial charge in [-0.15, -0.1) is 0 Å². The van der Waals surface area contributed by atoms with Crippen LogP contribution in [0.15, 0.2) is 49.3 Å². The van der Waals surface area contributed by atoms with E-state index in [2.05, 4.69) is 35.7 Å². The molecule has 1 amide bonds. The van der Waals surface area contributed by atoms with Crippen molar-refractivity contribution in [2.24, 2.45) is 11.8 Å². The lowest BCUT2D eigenvalue weighted by molar-refractivity contribution is 0.102. The quantitative estimate of drug-likeness (QED) is 0.442. The van der Waals surface area contributed by atoms with Crippen LogP contribution in [-0.2, 0) is 0 Å². The molecule has 2 heterocycles. The lowest BCUT2D eigenvalue weighted by Gasteiger charge is -2.32. The Morgan fingerprint density at radius 2 is 1.71 bits per heavy atom. The summed E-state index contributed by atoms with van der Waals surface area (Å²) in [6.45, 7) is 7.93. The molecule has 1 aromatic carbocycles. The van der Waals surface area contributed by atoms with Gasteiger partial charge in [-0.2, -0.15) is 0 Å². The molecule has 7 heteroatoms. The molecular weight excluding hydrogens is 439 g/mol. The number of halogens is 3. The molecule has 2 unspecified atom stereocenters. The molecule has 0 aliphatic heterocycles. The van der Waals surface area contributed by atoms with E-state index in [1.165, 1.54) is 18.6 Å². The SMILES string of the molecule is C=Cc1cc(F)c(-c2nc(C(=O)Nc3cnccc3C3CC(C)CC(C)C3)ccc2F)c(F)c1. The lowest BCUT2D eigenvalue weighted by Crippen LogP contribution is -2.21. The van der Waals surface area contributed by atoms with Gasteiger partial charge >= 0.3 is 0 Å². The summed E-state index contributed by atoms with van der Waals surface area (Å²) < 4.78 is 43.6. The van der Waals surface area contributed by atoms with Crippen molar-refractivity contribution in [2.45, 2.75) is 39.0 Å². The van der Waals surface area contributed by atoms with Gasteiger partial charge in [0.25, 0.3) is 5.91 Å². The number of hydrogen-bond donors (Lipinski definition) is 1. The minimum atomic E-state index is -0.992. The molecule has 4 rings (SSSR count). The zero-order valence-corrected chi connectivity index (χ0v) is 19.1. The molecule has 176 valence electrons. The van der Waals surface area contributed by atoms with Crippen molar-refractivity contribution in [3.63, 3.8) is 0 Å². The van der Waals surface area contributed by atoms with Crippen LogP contribution in [0.25, 0.3) is 17.3 Å². The van der Waals surface area contributed by atoms with Gasteiger partial charge in [-0.25, -0.2) is 18.2 Å². The van der Waals surface area contributed by atoms with E-state index in [-0.39, 0.29) is 17.2 Å². The molecule has 0 radical (unpaired) electrons. The normalized spacial score (nSPS) is 20.1. The number of rotatable bonds is 5. The van der Waals surface area contributed by atoms with Gasteiger partial charge in [0.15, 0.2) is 0 Å². The third-order valence-corrected chi connectivity index (χ3v) is 6.34. The second-order valence-electron chi connectivity index (χ2n) is 9.12. The Hall–Kier alpha value is -3.48. The van der Waals surface area contributed by atoms with E-state index in [9.17, 15) is 18.0 Å². The lowest BCUT2D eigenvalue weighted by atomic mass is 9.74. The molecule has 1 fully saturated rings. The van der Waals surface area contributed by atoms with Crippen LogP contribution in [0, 0.1) is 29.3 Å². The number of aromatic nitrogens is 2. The summed E-state index contributed by atoms with van der Waals surface area (Å²) in [5, 5.41) is 2.81. The predicted octanol–water partition coefficient (Wildman–Crippen LogP) is 7.00. The third kappa shape index (κ3) is 4.88. The number of nitrogens with zero attached hydrogens (tertiary/aromatic N) is 2. The molecule has 34 heavy (non-hydrogen) atoms. The average Bonchev–Trinajstić information content (AvgIpc) is 2.79. The van der Waals surface area contributed by atoms with Crippen LogP contribution in [0.3, 0.4) is 0 Å². The van der Waals surface area contributed by atoms with E-state index in [1.807, 2.05) is 6.07 Å². The smallest absolute Gasteiger partial charge is 0.274 e. The molecule has 0 bridgehead atoms. The summed E-state index contributed by atoms with van der Waals surface area (Å²) in [5.41, 5.74) is 0.386. The number of hydrogen-bond acceptors (Lipinski definition) is 3. The van der Waals surface area contributed by atoms with Crippen molar-refractivity contribution in [1.29, 1.82) is 0 Å². The van der Waals surface area contributed by atoms with Crippen molar-refractivity contribution < 1.29 is 18.0 Å². The second-order valence-corrected chi connectivity index (χ2v) is 9.12. The number of anilines is 1. The first-order valence-electron chi connectivity index (χ1n) is 11.3. The highest BCUT2D eigenvalue weighted by molar-refractivity contribution is 6.03. The molecule has 0 spiro atoms. The van der Waals surface area contributed by atoms with Gasteiger partial charge in [0, 0.05) is 6.20 Å². The van der Waals surface area contributed by atoms with Crippen molar-refractivity contribution in [3.05, 3.63) is 83.6 Å². The first kappa shape index (κ1) is 23.7. The summed E-state index contributed by atoms with van der Waals surface area (Å²) in [4.78, 5) is 21.1. The molecule has 1 aliphatic carbocycles. The monoisotopic (exact) mass is 465 g/mol. The highest BCUT2D eigenvalue weighted by Crippen LogP contribution is 2.41. The number of pyridine rings is 2. The van der Waals surface area contributed by atoms with E-state index < -0.39 is 34.6 Å². The first-order chi connectivity index (χ1) is 16.3. The van der Waals surface area contributed by atoms with Gasteiger partial charge in [0.2, 0.25) is 0 Å². The Balaban J connectivity index is 1.65. The Morgan fingerprint density at radius 1 is 1.03 bits per heavy atom. The van der Waals surface area contributed by atoms with Gasteiger partial charge < -0.3 is 5.32 Å². The molecule has 4 nitrogen and oxygen atoms in total. The van der Waals surface area contributed by atoms with Crippen LogP contribution in [0.1, 0.15) is 60.6 Å². The minimum Gasteiger partial charge on any atom is -0.319 e. The second kappa shape index (κ2) is 9.79. The molecule has 1 aliphatic rings. The minimum absolute atomic E-state index is 0.164. The van der Waals surface area contributed by atoms with Gasteiger partial charge in [0.05, 0.1) is 17.4 Å². The molecule has 1 saturated carbocycles. The zero-order valence-electron chi connectivity index (χ0n) is 19.1. The number of benzene rings is 1. The zero-order chi connectivity index (χ0) is 24.4. The predicted molar refractivity (Wildman–Crippen MR) is 127 cm³/mol. The maximum Gasteiger partial charge on any atom is 0.274 e. The standard InChI is InChI=1S/C27H26F3N3O/c1-4-17-12-21(29)25(22(30)13-17)26-20(28)5-6-23(32-26)27(34)33-24-14-31-8-7-19(24)18-10-15(2)9-16(3)11-18/h4-8,12-16,18H,1,9-11H2,2-3H3,(H,33,34). The Morgan fingerprint density at radius 3 is 2.35 bits per heavy atom. The average molecular weight is 466 g/mol. The van der Waals surface area contributed by atoms with Crippen LogP contribution in [0.5, 0.6) is 0 Å². The van der Waals surface area contributed by atoms with Gasteiger partial charge in [0.1, 0.15) is 28.8 Å². The fourth-order valence-corrected chi connectivity index (χ4v) is 4.93. The topological polar surface area (TPSA) is 54.9 Å². The van der Waals surface area contributed by atoms with Crippen LogP contribution in [-0.4, -0.2) is 15.9 Å². The van der Waals surface area contributed by atoms with E-state index in [0.717, 1.165) is 36.6 Å². The summed E-state index contributed by atoms with van der Waals surface area (Å²) in [6, 6.07) is 6.14. The number of amides is 1. The number of carbonyl (C=O) groups excluding carboxylic acids is 1. The Labute approximate surface area is 197 Å². The molecular formula is C27H26F3N3O. The third-order valence-electron chi connectivity index (χ3n) is 6.34. The highest BCUT2D eigenvalue weighted by Gasteiger charge is 2.27. The number of carbonyl (C=O) groups is 1. The van der Waals surface area contributed by atoms with Crippen LogP contribution >= 0.6 is 0 Å². The van der Waals surface area contributed by atoms with Crippen molar-refractivity contribution in [2.75, 3.05) is 5.32 Å². The summed E-state index contributed by atoms with van der Waals surface area (Å²) in [5.74, 6) is -2.11. The molecule has 3 aromatic rings. The van der Waals surface area contributed by atoms with E-state index in [1.54, 1.807) is 12.4 Å². The summed E-state index contributed by atoms with van der Waals surface area (Å²) in [7, 11) is 0. The van der Waals surface area contributed by atoms with E-state index in [4.69, 9.17) is 0 Å². The highest BCUT2D eigenvalue weighted by atomic mass is 19.1. The Kier molecular flexibility index (Phi) is 6.82. The molecule has 2 atom stereocenters. The van der Waals surface area contributed by atoms with Gasteiger partial charge in [-0.1, -0.05) is 26.5 Å². The fourth-order valence-electron chi connectivity index (χ4n) is 4.93. The van der Waals surface area contributed by atoms with Crippen molar-refractivity contribution in [1.82, 2.24) is 9.97 Å². The van der Waals surface area contributed by atoms with E-state index in [0.29, 0.717) is 17.5 Å². The maximum absolute atomic E-state index is 14.6. The molecule has 0 saturated heterocycles. The van der Waals surface area contributed by atoms with Gasteiger partial charge in [-0.3, -0.25) is 9.78 Å². The molecule has 1 N–H and O–H groups in total. The first-order valence-corrected chi connectivity index (χ1v) is 11.3. The summed E-state index contributed by atoms with van der Waals surface area (Å²) in [6.07, 6.45) is 7.75. The number of nitrogens with one attached hydrogen (secondary N) is 1. The molecule has 2 aromatic heterocycles. The van der Waals surface area contributed by atoms with Crippen LogP contribution in [0.2, 0.25) is 0 Å². The van der Waals surface area contributed by atoms with Crippen molar-refractivity contribution >= 4 is 17.7 Å². The fraction of sp³-hybridized carbons (Fsp3) is 0.296. The van der Waals surface area contributed by atoms with Crippen LogP contribution < -0.4 is 5.32 Å². The van der Waals surface area contributed by atoms with E-state index >= 15 is 0 Å². The summed E-state index contributed by atoms with van der Waals surface area (Å²) >= 11 is 0. The van der Waals surface area contributed by atoms with Crippen LogP contribution in [0.4, 0.5) is 18.9 Å².